The summed E-state index contributed by atoms with van der Waals surface area (Å²) in [5, 5.41) is 3.00. The fourth-order valence-electron chi connectivity index (χ4n) is 3.13. The van der Waals surface area contributed by atoms with Crippen LogP contribution in [0.2, 0.25) is 0 Å². The van der Waals surface area contributed by atoms with Crippen molar-refractivity contribution in [1.82, 2.24) is 4.98 Å². The first-order valence-corrected chi connectivity index (χ1v) is 8.91. The number of carbonyl (C=O) groups is 1. The van der Waals surface area contributed by atoms with E-state index in [4.69, 9.17) is 4.42 Å². The molecule has 134 valence electrons. The molecule has 0 unspecified atom stereocenters. The number of oxazole rings is 1. The zero-order chi connectivity index (χ0) is 18.8. The van der Waals surface area contributed by atoms with E-state index in [1.165, 1.54) is 0 Å². The minimum absolute atomic E-state index is 0.0466. The summed E-state index contributed by atoms with van der Waals surface area (Å²) in [6.45, 7) is 4.00. The van der Waals surface area contributed by atoms with Crippen molar-refractivity contribution in [2.45, 2.75) is 20.3 Å². The van der Waals surface area contributed by atoms with Gasteiger partial charge in [-0.3, -0.25) is 4.79 Å². The Kier molecular flexibility index (Phi) is 4.47. The van der Waals surface area contributed by atoms with Crippen LogP contribution in [0.3, 0.4) is 0 Å². The standard InChI is InChI=1S/C23H20N2O2/c1-15-11-12-21-20(13-15)25-23(27-21)18-9-6-10-19(16(18)2)24-22(26)14-17-7-4-3-5-8-17/h3-13H,14H2,1-2H3,(H,24,26). The van der Waals surface area contributed by atoms with Crippen molar-refractivity contribution in [2.24, 2.45) is 0 Å². The van der Waals surface area contributed by atoms with Crippen LogP contribution in [0.15, 0.2) is 71.1 Å². The molecule has 0 spiro atoms. The summed E-state index contributed by atoms with van der Waals surface area (Å²) in [5.41, 5.74) is 6.30. The predicted octanol–water partition coefficient (Wildman–Crippen LogP) is 5.29. The summed E-state index contributed by atoms with van der Waals surface area (Å²) in [5.74, 6) is 0.516. The molecule has 0 aliphatic carbocycles. The molecule has 0 radical (unpaired) electrons. The number of carbonyl (C=O) groups excluding carboxylic acids is 1. The van der Waals surface area contributed by atoms with Gasteiger partial charge in [-0.15, -0.1) is 0 Å². The molecular formula is C23H20N2O2. The zero-order valence-corrected chi connectivity index (χ0v) is 15.3. The second-order valence-electron chi connectivity index (χ2n) is 6.68. The van der Waals surface area contributed by atoms with Crippen molar-refractivity contribution >= 4 is 22.7 Å². The molecule has 1 N–H and O–H groups in total. The summed E-state index contributed by atoms with van der Waals surface area (Å²) in [7, 11) is 0. The lowest BCUT2D eigenvalue weighted by Crippen LogP contribution is -2.15. The number of hydrogen-bond acceptors (Lipinski definition) is 3. The third-order valence-electron chi connectivity index (χ3n) is 4.59. The second-order valence-corrected chi connectivity index (χ2v) is 6.68. The molecule has 4 nitrogen and oxygen atoms in total. The van der Waals surface area contributed by atoms with E-state index in [0.717, 1.165) is 39.0 Å². The Balaban J connectivity index is 1.61. The summed E-state index contributed by atoms with van der Waals surface area (Å²) in [6, 6.07) is 21.4. The maximum atomic E-state index is 12.4. The Morgan fingerprint density at radius 3 is 2.63 bits per heavy atom. The number of hydrogen-bond donors (Lipinski definition) is 1. The Hall–Kier alpha value is -3.40. The van der Waals surface area contributed by atoms with Crippen LogP contribution in [0, 0.1) is 13.8 Å². The van der Waals surface area contributed by atoms with Crippen molar-refractivity contribution in [2.75, 3.05) is 5.32 Å². The first kappa shape index (κ1) is 17.0. The van der Waals surface area contributed by atoms with Gasteiger partial charge in [0.1, 0.15) is 5.52 Å². The van der Waals surface area contributed by atoms with Crippen molar-refractivity contribution in [3.63, 3.8) is 0 Å². The number of nitrogens with zero attached hydrogens (tertiary/aromatic N) is 1. The number of rotatable bonds is 4. The van der Waals surface area contributed by atoms with Crippen LogP contribution in [0.1, 0.15) is 16.7 Å². The van der Waals surface area contributed by atoms with E-state index in [2.05, 4.69) is 10.3 Å². The molecule has 27 heavy (non-hydrogen) atoms. The second kappa shape index (κ2) is 7.08. The number of aromatic nitrogens is 1. The van der Waals surface area contributed by atoms with Crippen LogP contribution in [0.5, 0.6) is 0 Å². The molecule has 0 fully saturated rings. The molecule has 0 atom stereocenters. The Morgan fingerprint density at radius 2 is 1.81 bits per heavy atom. The molecule has 1 amide bonds. The van der Waals surface area contributed by atoms with E-state index < -0.39 is 0 Å². The van der Waals surface area contributed by atoms with Gasteiger partial charge in [-0.1, -0.05) is 42.5 Å². The molecule has 4 rings (SSSR count). The van der Waals surface area contributed by atoms with Gasteiger partial charge in [-0.05, 0) is 54.8 Å². The lowest BCUT2D eigenvalue weighted by atomic mass is 10.1. The van der Waals surface area contributed by atoms with E-state index in [1.807, 2.05) is 80.6 Å². The lowest BCUT2D eigenvalue weighted by Gasteiger charge is -2.11. The SMILES string of the molecule is Cc1ccc2oc(-c3cccc(NC(=O)Cc4ccccc4)c3C)nc2c1. The quantitative estimate of drug-likeness (QED) is 0.540. The van der Waals surface area contributed by atoms with Crippen LogP contribution >= 0.6 is 0 Å². The minimum atomic E-state index is -0.0466. The smallest absolute Gasteiger partial charge is 0.228 e. The van der Waals surface area contributed by atoms with Crippen molar-refractivity contribution in [3.8, 4) is 11.5 Å². The minimum Gasteiger partial charge on any atom is -0.436 e. The number of anilines is 1. The van der Waals surface area contributed by atoms with Crippen molar-refractivity contribution in [1.29, 1.82) is 0 Å². The maximum absolute atomic E-state index is 12.4. The van der Waals surface area contributed by atoms with Crippen molar-refractivity contribution < 1.29 is 9.21 Å². The summed E-state index contributed by atoms with van der Waals surface area (Å²) >= 11 is 0. The van der Waals surface area contributed by atoms with Crippen LogP contribution in [0.4, 0.5) is 5.69 Å². The Labute approximate surface area is 157 Å². The van der Waals surface area contributed by atoms with Gasteiger partial charge in [0.25, 0.3) is 0 Å². The van der Waals surface area contributed by atoms with Crippen LogP contribution in [-0.4, -0.2) is 10.9 Å². The fraction of sp³-hybridized carbons (Fsp3) is 0.130. The van der Waals surface area contributed by atoms with Gasteiger partial charge in [0.15, 0.2) is 5.58 Å². The van der Waals surface area contributed by atoms with E-state index in [-0.39, 0.29) is 5.91 Å². The average molecular weight is 356 g/mol. The van der Waals surface area contributed by atoms with Gasteiger partial charge < -0.3 is 9.73 Å². The number of benzene rings is 3. The molecule has 0 saturated carbocycles. The Bertz CT molecular complexity index is 1110. The maximum Gasteiger partial charge on any atom is 0.228 e. The molecule has 1 heterocycles. The average Bonchev–Trinajstić information content (AvgIpc) is 3.07. The highest BCUT2D eigenvalue weighted by Gasteiger charge is 2.14. The molecular weight excluding hydrogens is 336 g/mol. The normalized spacial score (nSPS) is 10.9. The molecule has 0 bridgehead atoms. The Morgan fingerprint density at radius 1 is 1.00 bits per heavy atom. The first-order valence-electron chi connectivity index (χ1n) is 8.91. The van der Waals surface area contributed by atoms with E-state index >= 15 is 0 Å². The molecule has 3 aromatic carbocycles. The van der Waals surface area contributed by atoms with E-state index in [0.29, 0.717) is 12.3 Å². The highest BCUT2D eigenvalue weighted by atomic mass is 16.3. The largest absolute Gasteiger partial charge is 0.436 e. The number of amides is 1. The van der Waals surface area contributed by atoms with Gasteiger partial charge in [0.2, 0.25) is 11.8 Å². The molecule has 0 aliphatic rings. The lowest BCUT2D eigenvalue weighted by molar-refractivity contribution is -0.115. The molecule has 4 aromatic rings. The molecule has 4 heteroatoms. The van der Waals surface area contributed by atoms with Gasteiger partial charge in [0.05, 0.1) is 6.42 Å². The van der Waals surface area contributed by atoms with Crippen LogP contribution < -0.4 is 5.32 Å². The first-order chi connectivity index (χ1) is 13.1. The highest BCUT2D eigenvalue weighted by Crippen LogP contribution is 2.30. The zero-order valence-electron chi connectivity index (χ0n) is 15.3. The highest BCUT2D eigenvalue weighted by molar-refractivity contribution is 5.94. The fourth-order valence-corrected chi connectivity index (χ4v) is 3.13. The molecule has 0 saturated heterocycles. The summed E-state index contributed by atoms with van der Waals surface area (Å²) < 4.78 is 5.92. The van der Waals surface area contributed by atoms with Gasteiger partial charge in [-0.2, -0.15) is 0 Å². The van der Waals surface area contributed by atoms with E-state index in [1.54, 1.807) is 0 Å². The summed E-state index contributed by atoms with van der Waals surface area (Å²) in [4.78, 5) is 17.0. The number of fused-ring (bicyclic) bond motifs is 1. The van der Waals surface area contributed by atoms with Gasteiger partial charge >= 0.3 is 0 Å². The topological polar surface area (TPSA) is 55.1 Å². The third kappa shape index (κ3) is 3.60. The van der Waals surface area contributed by atoms with Gasteiger partial charge in [0, 0.05) is 11.3 Å². The third-order valence-corrected chi connectivity index (χ3v) is 4.59. The molecule has 1 aromatic heterocycles. The summed E-state index contributed by atoms with van der Waals surface area (Å²) in [6.07, 6.45) is 0.340. The van der Waals surface area contributed by atoms with Crippen LogP contribution in [0.25, 0.3) is 22.6 Å². The number of nitrogens with one attached hydrogen (secondary N) is 1. The van der Waals surface area contributed by atoms with Crippen molar-refractivity contribution in [3.05, 3.63) is 83.4 Å². The molecule has 0 aliphatic heterocycles. The monoisotopic (exact) mass is 356 g/mol. The van der Waals surface area contributed by atoms with Crippen LogP contribution in [-0.2, 0) is 11.2 Å². The predicted molar refractivity (Wildman–Crippen MR) is 108 cm³/mol. The van der Waals surface area contributed by atoms with Gasteiger partial charge in [-0.25, -0.2) is 4.98 Å². The van der Waals surface area contributed by atoms with E-state index in [9.17, 15) is 4.79 Å². The number of aryl methyl sites for hydroxylation is 1.